The number of rotatable bonds is 3. The molecule has 2 atom stereocenters. The van der Waals surface area contributed by atoms with Crippen molar-refractivity contribution in [3.8, 4) is 0 Å². The molecular weight excluding hydrogens is 192 g/mol. The molecule has 4 heteroatoms. The molecule has 4 nitrogen and oxygen atoms in total. The van der Waals surface area contributed by atoms with E-state index in [9.17, 15) is 9.90 Å². The van der Waals surface area contributed by atoms with Crippen LogP contribution < -0.4 is 5.73 Å². The zero-order valence-electron chi connectivity index (χ0n) is 9.28. The van der Waals surface area contributed by atoms with Crippen molar-refractivity contribution in [2.24, 2.45) is 11.7 Å². The van der Waals surface area contributed by atoms with Gasteiger partial charge in [0.1, 0.15) is 0 Å². The molecule has 2 rings (SSSR count). The Kier molecular flexibility index (Phi) is 2.73. The van der Waals surface area contributed by atoms with Crippen LogP contribution in [0.2, 0.25) is 0 Å². The molecule has 3 N–H and O–H groups in total. The minimum Gasteiger partial charge on any atom is -0.388 e. The molecule has 0 aromatic rings. The average molecular weight is 212 g/mol. The summed E-state index contributed by atoms with van der Waals surface area (Å²) < 4.78 is 0. The number of nitrogens with zero attached hydrogens (tertiary/aromatic N) is 1. The predicted octanol–water partition coefficient (Wildman–Crippen LogP) is 0.0971. The molecule has 0 bridgehead atoms. The number of hydrogen-bond donors (Lipinski definition) is 2. The fourth-order valence-electron chi connectivity index (χ4n) is 2.18. The second-order valence-electron chi connectivity index (χ2n) is 5.27. The summed E-state index contributed by atoms with van der Waals surface area (Å²) in [6.45, 7) is 2.91. The Morgan fingerprint density at radius 2 is 2.33 bits per heavy atom. The van der Waals surface area contributed by atoms with Gasteiger partial charge in [-0.3, -0.25) is 4.79 Å². The maximum Gasteiger partial charge on any atom is 0.224 e. The third kappa shape index (κ3) is 2.69. The smallest absolute Gasteiger partial charge is 0.224 e. The molecule has 0 spiro atoms. The molecule has 1 saturated carbocycles. The number of carbonyl (C=O) groups is 1. The standard InChI is InChI=1S/C11H20N2O2/c1-11(15)4-5-13(7-11)10(14)6-9(12)8-2-3-8/h8-9,15H,2-7,12H2,1H3. The quantitative estimate of drug-likeness (QED) is 0.697. The van der Waals surface area contributed by atoms with Crippen LogP contribution in [0.3, 0.4) is 0 Å². The highest BCUT2D eigenvalue weighted by atomic mass is 16.3. The number of amides is 1. The Hall–Kier alpha value is -0.610. The highest BCUT2D eigenvalue weighted by Gasteiger charge is 2.36. The Morgan fingerprint density at radius 1 is 1.67 bits per heavy atom. The molecule has 1 saturated heterocycles. The molecule has 2 unspecified atom stereocenters. The van der Waals surface area contributed by atoms with Gasteiger partial charge in [-0.1, -0.05) is 0 Å². The number of likely N-dealkylation sites (tertiary alicyclic amines) is 1. The summed E-state index contributed by atoms with van der Waals surface area (Å²) in [5, 5.41) is 9.74. The van der Waals surface area contributed by atoms with Gasteiger partial charge in [-0.15, -0.1) is 0 Å². The van der Waals surface area contributed by atoms with E-state index in [0.29, 0.717) is 31.8 Å². The van der Waals surface area contributed by atoms with E-state index in [1.54, 1.807) is 11.8 Å². The van der Waals surface area contributed by atoms with Crippen LogP contribution in [0.15, 0.2) is 0 Å². The summed E-state index contributed by atoms with van der Waals surface area (Å²) in [5.74, 6) is 0.671. The van der Waals surface area contributed by atoms with Crippen molar-refractivity contribution in [3.63, 3.8) is 0 Å². The van der Waals surface area contributed by atoms with E-state index >= 15 is 0 Å². The van der Waals surface area contributed by atoms with Crippen LogP contribution in [-0.4, -0.2) is 40.6 Å². The lowest BCUT2D eigenvalue weighted by molar-refractivity contribution is -0.131. The first-order chi connectivity index (χ1) is 6.98. The first kappa shape index (κ1) is 10.9. The van der Waals surface area contributed by atoms with E-state index in [1.165, 1.54) is 12.8 Å². The fraction of sp³-hybridized carbons (Fsp3) is 0.909. The molecule has 1 aliphatic carbocycles. The normalized spacial score (nSPS) is 33.1. The zero-order valence-corrected chi connectivity index (χ0v) is 9.28. The van der Waals surface area contributed by atoms with Crippen LogP contribution >= 0.6 is 0 Å². The number of carbonyl (C=O) groups excluding carboxylic acids is 1. The fourth-order valence-corrected chi connectivity index (χ4v) is 2.18. The lowest BCUT2D eigenvalue weighted by atomic mass is 10.1. The Bertz CT molecular complexity index is 261. The van der Waals surface area contributed by atoms with Crippen LogP contribution in [0.1, 0.15) is 32.6 Å². The van der Waals surface area contributed by atoms with Crippen LogP contribution in [-0.2, 0) is 4.79 Å². The summed E-state index contributed by atoms with van der Waals surface area (Å²) in [7, 11) is 0. The third-order valence-corrected chi connectivity index (χ3v) is 3.44. The maximum atomic E-state index is 11.8. The molecule has 1 aliphatic heterocycles. The zero-order chi connectivity index (χ0) is 11.1. The highest BCUT2D eigenvalue weighted by molar-refractivity contribution is 5.77. The summed E-state index contributed by atoms with van der Waals surface area (Å²) in [6.07, 6.45) is 3.47. The third-order valence-electron chi connectivity index (χ3n) is 3.44. The van der Waals surface area contributed by atoms with E-state index in [-0.39, 0.29) is 11.9 Å². The van der Waals surface area contributed by atoms with Crippen molar-refractivity contribution >= 4 is 5.91 Å². The Labute approximate surface area is 90.4 Å². The lowest BCUT2D eigenvalue weighted by Gasteiger charge is -2.20. The van der Waals surface area contributed by atoms with Crippen LogP contribution in [0.5, 0.6) is 0 Å². The molecule has 86 valence electrons. The second-order valence-corrected chi connectivity index (χ2v) is 5.27. The average Bonchev–Trinajstić information content (AvgIpc) is 2.91. The summed E-state index contributed by atoms with van der Waals surface area (Å²) in [5.41, 5.74) is 5.21. The second kappa shape index (κ2) is 3.76. The van der Waals surface area contributed by atoms with Gasteiger partial charge in [0.15, 0.2) is 0 Å². The molecular formula is C11H20N2O2. The van der Waals surface area contributed by atoms with Gasteiger partial charge in [-0.05, 0) is 32.1 Å². The van der Waals surface area contributed by atoms with Crippen molar-refractivity contribution < 1.29 is 9.90 Å². The Balaban J connectivity index is 1.81. The monoisotopic (exact) mass is 212 g/mol. The minimum atomic E-state index is -0.695. The first-order valence-electron chi connectivity index (χ1n) is 5.74. The number of nitrogens with two attached hydrogens (primary N) is 1. The molecule has 15 heavy (non-hydrogen) atoms. The largest absolute Gasteiger partial charge is 0.388 e. The summed E-state index contributed by atoms with van der Waals surface area (Å²) >= 11 is 0. The van der Waals surface area contributed by atoms with E-state index < -0.39 is 5.60 Å². The molecule has 0 radical (unpaired) electrons. The van der Waals surface area contributed by atoms with Gasteiger partial charge >= 0.3 is 0 Å². The van der Waals surface area contributed by atoms with Crippen molar-refractivity contribution in [1.82, 2.24) is 4.90 Å². The number of hydrogen-bond acceptors (Lipinski definition) is 3. The van der Waals surface area contributed by atoms with Gasteiger partial charge in [0, 0.05) is 25.6 Å². The molecule has 1 amide bonds. The molecule has 2 fully saturated rings. The van der Waals surface area contributed by atoms with E-state index in [0.717, 1.165) is 0 Å². The highest BCUT2D eigenvalue weighted by Crippen LogP contribution is 2.33. The van der Waals surface area contributed by atoms with Gasteiger partial charge in [0.05, 0.1) is 5.60 Å². The van der Waals surface area contributed by atoms with Gasteiger partial charge in [-0.2, -0.15) is 0 Å². The van der Waals surface area contributed by atoms with Crippen molar-refractivity contribution in [2.45, 2.75) is 44.2 Å². The number of β-amino-alcohol motifs (C(OH)–C–C–N with tert-alkyl or cyclic N) is 1. The number of aliphatic hydroxyl groups is 1. The van der Waals surface area contributed by atoms with Gasteiger partial charge < -0.3 is 15.7 Å². The van der Waals surface area contributed by atoms with Crippen molar-refractivity contribution in [1.29, 1.82) is 0 Å². The van der Waals surface area contributed by atoms with Crippen LogP contribution in [0.4, 0.5) is 0 Å². The first-order valence-corrected chi connectivity index (χ1v) is 5.74. The Morgan fingerprint density at radius 3 is 2.80 bits per heavy atom. The van der Waals surface area contributed by atoms with Crippen LogP contribution in [0, 0.1) is 5.92 Å². The maximum absolute atomic E-state index is 11.8. The molecule has 0 aromatic carbocycles. The minimum absolute atomic E-state index is 0.0306. The summed E-state index contributed by atoms with van der Waals surface area (Å²) in [4.78, 5) is 13.5. The van der Waals surface area contributed by atoms with Gasteiger partial charge in [0.2, 0.25) is 5.91 Å². The van der Waals surface area contributed by atoms with Gasteiger partial charge in [0.25, 0.3) is 0 Å². The van der Waals surface area contributed by atoms with Crippen LogP contribution in [0.25, 0.3) is 0 Å². The SMILES string of the molecule is CC1(O)CCN(C(=O)CC(N)C2CC2)C1. The summed E-state index contributed by atoms with van der Waals surface area (Å²) in [6, 6.07) is 0.0306. The molecule has 2 aliphatic rings. The van der Waals surface area contributed by atoms with E-state index in [4.69, 9.17) is 5.73 Å². The van der Waals surface area contributed by atoms with E-state index in [2.05, 4.69) is 0 Å². The predicted molar refractivity (Wildman–Crippen MR) is 57.1 cm³/mol. The van der Waals surface area contributed by atoms with Crippen molar-refractivity contribution in [2.75, 3.05) is 13.1 Å². The molecule has 1 heterocycles. The topological polar surface area (TPSA) is 66.6 Å². The van der Waals surface area contributed by atoms with Crippen molar-refractivity contribution in [3.05, 3.63) is 0 Å². The van der Waals surface area contributed by atoms with E-state index in [1.807, 2.05) is 0 Å². The lowest BCUT2D eigenvalue weighted by Crippen LogP contribution is -2.37. The molecule has 0 aromatic heterocycles. The van der Waals surface area contributed by atoms with Gasteiger partial charge in [-0.25, -0.2) is 0 Å².